The summed E-state index contributed by atoms with van der Waals surface area (Å²) in [5.74, 6) is 0. The van der Waals surface area contributed by atoms with Crippen LogP contribution in [0.5, 0.6) is 0 Å². The highest BCUT2D eigenvalue weighted by Gasteiger charge is 2.23. The molecule has 1 saturated heterocycles. The van der Waals surface area contributed by atoms with Crippen LogP contribution in [0.2, 0.25) is 0 Å². The van der Waals surface area contributed by atoms with E-state index in [1.165, 1.54) is 11.3 Å². The van der Waals surface area contributed by atoms with Gasteiger partial charge >= 0.3 is 0 Å². The Morgan fingerprint density at radius 2 is 2.17 bits per heavy atom. The van der Waals surface area contributed by atoms with Crippen molar-refractivity contribution in [2.75, 3.05) is 13.1 Å². The average Bonchev–Trinajstić information content (AvgIpc) is 2.66. The van der Waals surface area contributed by atoms with Crippen molar-refractivity contribution in [2.45, 2.75) is 59.3 Å². The summed E-state index contributed by atoms with van der Waals surface area (Å²) in [6, 6.07) is 1.63. The zero-order chi connectivity index (χ0) is 13.3. The van der Waals surface area contributed by atoms with Crippen molar-refractivity contribution in [3.05, 3.63) is 17.5 Å². The molecule has 0 bridgehead atoms. The van der Waals surface area contributed by atoms with Crippen LogP contribution in [0.3, 0.4) is 0 Å². The maximum absolute atomic E-state index is 4.59. The average molecular weight is 250 g/mol. The number of nitrogens with one attached hydrogen (secondary N) is 1. The van der Waals surface area contributed by atoms with Gasteiger partial charge in [0, 0.05) is 49.5 Å². The number of aromatic nitrogens is 2. The molecule has 18 heavy (non-hydrogen) atoms. The van der Waals surface area contributed by atoms with Crippen LogP contribution in [-0.4, -0.2) is 39.9 Å². The lowest BCUT2D eigenvalue weighted by Crippen LogP contribution is -2.53. The number of hydrogen-bond donors (Lipinski definition) is 1. The van der Waals surface area contributed by atoms with Gasteiger partial charge in [-0.15, -0.1) is 0 Å². The van der Waals surface area contributed by atoms with Crippen LogP contribution >= 0.6 is 0 Å². The topological polar surface area (TPSA) is 33.1 Å². The first-order chi connectivity index (χ1) is 8.47. The zero-order valence-electron chi connectivity index (χ0n) is 12.3. The summed E-state index contributed by atoms with van der Waals surface area (Å²) in [4.78, 5) is 2.55. The van der Waals surface area contributed by atoms with Crippen LogP contribution in [0.1, 0.15) is 45.0 Å². The number of aryl methyl sites for hydroxylation is 1. The summed E-state index contributed by atoms with van der Waals surface area (Å²) in [6.45, 7) is 14.2. The molecule has 2 heterocycles. The number of hydrogen-bond acceptors (Lipinski definition) is 3. The Bertz CT molecular complexity index is 396. The summed E-state index contributed by atoms with van der Waals surface area (Å²) in [5, 5.41) is 8.12. The van der Waals surface area contributed by atoms with Crippen molar-refractivity contribution in [1.29, 1.82) is 0 Å². The lowest BCUT2D eigenvalue weighted by molar-refractivity contribution is 0.138. The Balaban J connectivity index is 2.08. The monoisotopic (exact) mass is 250 g/mol. The first kappa shape index (κ1) is 13.6. The van der Waals surface area contributed by atoms with Gasteiger partial charge in [0.05, 0.1) is 5.69 Å². The molecule has 0 amide bonds. The van der Waals surface area contributed by atoms with Crippen LogP contribution in [0, 0.1) is 6.92 Å². The molecule has 0 spiro atoms. The van der Waals surface area contributed by atoms with E-state index < -0.39 is 0 Å². The number of piperazine rings is 1. The first-order valence-corrected chi connectivity index (χ1v) is 6.99. The van der Waals surface area contributed by atoms with Crippen LogP contribution < -0.4 is 5.32 Å². The summed E-state index contributed by atoms with van der Waals surface area (Å²) >= 11 is 0. The highest BCUT2D eigenvalue weighted by molar-refractivity contribution is 5.16. The van der Waals surface area contributed by atoms with Gasteiger partial charge in [0.2, 0.25) is 0 Å². The Morgan fingerprint density at radius 1 is 1.44 bits per heavy atom. The fourth-order valence-corrected chi connectivity index (χ4v) is 2.48. The highest BCUT2D eigenvalue weighted by Crippen LogP contribution is 2.16. The van der Waals surface area contributed by atoms with E-state index in [-0.39, 0.29) is 0 Å². The molecule has 0 saturated carbocycles. The molecule has 1 aliphatic rings. The predicted octanol–water partition coefficient (Wildman–Crippen LogP) is 1.95. The minimum absolute atomic E-state index is 0.441. The Morgan fingerprint density at radius 3 is 2.78 bits per heavy atom. The second-order valence-electron chi connectivity index (χ2n) is 5.90. The van der Waals surface area contributed by atoms with Crippen molar-refractivity contribution in [3.8, 4) is 0 Å². The molecule has 102 valence electrons. The van der Waals surface area contributed by atoms with Gasteiger partial charge in [-0.3, -0.25) is 9.58 Å². The molecule has 2 unspecified atom stereocenters. The minimum atomic E-state index is 0.441. The van der Waals surface area contributed by atoms with Gasteiger partial charge in [0.1, 0.15) is 0 Å². The molecule has 4 nitrogen and oxygen atoms in total. The van der Waals surface area contributed by atoms with Crippen LogP contribution in [0.15, 0.2) is 6.20 Å². The van der Waals surface area contributed by atoms with E-state index in [9.17, 15) is 0 Å². The SMILES string of the molecule is Cc1nn(C(C)C)cc1CN1CC(C)NCC1C. The molecule has 1 N–H and O–H groups in total. The lowest BCUT2D eigenvalue weighted by Gasteiger charge is -2.37. The molecular formula is C14H26N4. The summed E-state index contributed by atoms with van der Waals surface area (Å²) in [6.07, 6.45) is 2.21. The minimum Gasteiger partial charge on any atom is -0.311 e. The third-order valence-corrected chi connectivity index (χ3v) is 3.81. The molecule has 2 atom stereocenters. The fourth-order valence-electron chi connectivity index (χ4n) is 2.48. The summed E-state index contributed by atoms with van der Waals surface area (Å²) in [5.41, 5.74) is 2.53. The molecule has 1 fully saturated rings. The fraction of sp³-hybridized carbons (Fsp3) is 0.786. The molecule has 1 aromatic heterocycles. The number of nitrogens with zero attached hydrogens (tertiary/aromatic N) is 3. The Hall–Kier alpha value is -0.870. The van der Waals surface area contributed by atoms with Gasteiger partial charge in [-0.2, -0.15) is 5.10 Å². The smallest absolute Gasteiger partial charge is 0.0638 e. The maximum Gasteiger partial charge on any atom is 0.0638 e. The van der Waals surface area contributed by atoms with Gasteiger partial charge in [-0.05, 0) is 34.6 Å². The van der Waals surface area contributed by atoms with E-state index in [0.29, 0.717) is 18.1 Å². The first-order valence-electron chi connectivity index (χ1n) is 6.99. The summed E-state index contributed by atoms with van der Waals surface area (Å²) < 4.78 is 2.07. The molecule has 1 aliphatic heterocycles. The Kier molecular flexibility index (Phi) is 4.07. The van der Waals surface area contributed by atoms with E-state index in [0.717, 1.165) is 19.6 Å². The number of rotatable bonds is 3. The highest BCUT2D eigenvalue weighted by atomic mass is 15.3. The zero-order valence-corrected chi connectivity index (χ0v) is 12.3. The van der Waals surface area contributed by atoms with Gasteiger partial charge in [0.25, 0.3) is 0 Å². The van der Waals surface area contributed by atoms with Crippen LogP contribution in [-0.2, 0) is 6.54 Å². The van der Waals surface area contributed by atoms with Gasteiger partial charge in [-0.1, -0.05) is 0 Å². The second-order valence-corrected chi connectivity index (χ2v) is 5.90. The van der Waals surface area contributed by atoms with Crippen molar-refractivity contribution in [1.82, 2.24) is 20.0 Å². The van der Waals surface area contributed by atoms with Crippen LogP contribution in [0.4, 0.5) is 0 Å². The van der Waals surface area contributed by atoms with E-state index in [2.05, 4.69) is 60.8 Å². The largest absolute Gasteiger partial charge is 0.311 e. The molecule has 1 aromatic rings. The quantitative estimate of drug-likeness (QED) is 0.890. The maximum atomic E-state index is 4.59. The van der Waals surface area contributed by atoms with Gasteiger partial charge in [-0.25, -0.2) is 0 Å². The molecule has 0 aromatic carbocycles. The van der Waals surface area contributed by atoms with Crippen molar-refractivity contribution in [2.24, 2.45) is 0 Å². The third kappa shape index (κ3) is 2.93. The standard InChI is InChI=1S/C14H26N4/c1-10(2)18-9-14(13(5)16-18)8-17-7-11(3)15-6-12(17)4/h9-12,15H,6-8H2,1-5H3. The van der Waals surface area contributed by atoms with E-state index >= 15 is 0 Å². The lowest BCUT2D eigenvalue weighted by atomic mass is 10.1. The van der Waals surface area contributed by atoms with E-state index in [1.807, 2.05) is 0 Å². The summed E-state index contributed by atoms with van der Waals surface area (Å²) in [7, 11) is 0. The molecule has 0 aliphatic carbocycles. The van der Waals surface area contributed by atoms with E-state index in [1.54, 1.807) is 0 Å². The van der Waals surface area contributed by atoms with E-state index in [4.69, 9.17) is 0 Å². The molecule has 0 radical (unpaired) electrons. The van der Waals surface area contributed by atoms with Crippen molar-refractivity contribution >= 4 is 0 Å². The van der Waals surface area contributed by atoms with Gasteiger partial charge in [0.15, 0.2) is 0 Å². The van der Waals surface area contributed by atoms with Crippen molar-refractivity contribution < 1.29 is 0 Å². The molecule has 4 heteroatoms. The molecule has 2 rings (SSSR count). The third-order valence-electron chi connectivity index (χ3n) is 3.81. The van der Waals surface area contributed by atoms with Gasteiger partial charge < -0.3 is 5.32 Å². The molecular weight excluding hydrogens is 224 g/mol. The predicted molar refractivity (Wildman–Crippen MR) is 74.7 cm³/mol. The second kappa shape index (κ2) is 5.41. The van der Waals surface area contributed by atoms with Crippen LogP contribution in [0.25, 0.3) is 0 Å². The normalized spacial score (nSPS) is 25.9. The Labute approximate surface area is 110 Å². The van der Waals surface area contributed by atoms with Crippen molar-refractivity contribution in [3.63, 3.8) is 0 Å².